The zero-order valence-electron chi connectivity index (χ0n) is 18.2. The lowest BCUT2D eigenvalue weighted by molar-refractivity contribution is -0.138. The molecule has 0 unspecified atom stereocenters. The smallest absolute Gasteiger partial charge is 0.253 e. The Morgan fingerprint density at radius 2 is 1.40 bits per heavy atom. The number of piperidine rings is 2. The molecule has 5 heteroatoms. The summed E-state index contributed by atoms with van der Waals surface area (Å²) < 4.78 is 6.01. The fraction of sp³-hybridized carbons (Fsp3) is 0.680. The monoisotopic (exact) mass is 412 g/mol. The molecular formula is C25H36N2O3. The molecule has 2 saturated heterocycles. The van der Waals surface area contributed by atoms with E-state index in [9.17, 15) is 9.59 Å². The van der Waals surface area contributed by atoms with Gasteiger partial charge in [-0.2, -0.15) is 0 Å². The van der Waals surface area contributed by atoms with Gasteiger partial charge in [0.2, 0.25) is 5.91 Å². The number of carbonyl (C=O) groups excluding carboxylic acids is 2. The van der Waals surface area contributed by atoms with Gasteiger partial charge in [0.25, 0.3) is 5.91 Å². The van der Waals surface area contributed by atoms with Crippen LogP contribution in [-0.4, -0.2) is 54.4 Å². The van der Waals surface area contributed by atoms with Crippen LogP contribution in [0.4, 0.5) is 0 Å². The van der Waals surface area contributed by atoms with Gasteiger partial charge >= 0.3 is 0 Å². The highest BCUT2D eigenvalue weighted by atomic mass is 16.5. The van der Waals surface area contributed by atoms with Crippen molar-refractivity contribution in [2.24, 2.45) is 11.8 Å². The van der Waals surface area contributed by atoms with Crippen molar-refractivity contribution in [3.8, 4) is 5.75 Å². The molecule has 3 aliphatic rings. The number of amides is 2. The predicted molar refractivity (Wildman–Crippen MR) is 118 cm³/mol. The number of nitrogens with zero attached hydrogens (tertiary/aromatic N) is 2. The molecule has 1 aromatic rings. The molecule has 0 radical (unpaired) electrons. The molecule has 1 aromatic carbocycles. The quantitative estimate of drug-likeness (QED) is 0.715. The van der Waals surface area contributed by atoms with Gasteiger partial charge in [-0.1, -0.05) is 19.3 Å². The first-order valence-electron chi connectivity index (χ1n) is 12.0. The second-order valence-electron chi connectivity index (χ2n) is 9.29. The summed E-state index contributed by atoms with van der Waals surface area (Å²) >= 11 is 0. The summed E-state index contributed by atoms with van der Waals surface area (Å²) in [4.78, 5) is 29.3. The van der Waals surface area contributed by atoms with Crippen molar-refractivity contribution in [1.29, 1.82) is 0 Å². The number of rotatable bonds is 5. The van der Waals surface area contributed by atoms with Crippen LogP contribution in [0.15, 0.2) is 24.3 Å². The zero-order chi connectivity index (χ0) is 20.8. The van der Waals surface area contributed by atoms with Gasteiger partial charge in [0, 0.05) is 37.7 Å². The molecule has 2 heterocycles. The summed E-state index contributed by atoms with van der Waals surface area (Å²) in [5.41, 5.74) is 0.749. The lowest BCUT2D eigenvalue weighted by atomic mass is 9.87. The molecule has 3 fully saturated rings. The fourth-order valence-electron chi connectivity index (χ4n) is 5.12. The summed E-state index contributed by atoms with van der Waals surface area (Å²) in [5.74, 6) is 2.12. The van der Waals surface area contributed by atoms with Crippen LogP contribution >= 0.6 is 0 Å². The van der Waals surface area contributed by atoms with Crippen LogP contribution in [0.25, 0.3) is 0 Å². The van der Waals surface area contributed by atoms with E-state index < -0.39 is 0 Å². The third-order valence-corrected chi connectivity index (χ3v) is 7.11. The highest BCUT2D eigenvalue weighted by molar-refractivity contribution is 5.94. The van der Waals surface area contributed by atoms with Crippen molar-refractivity contribution >= 4 is 11.8 Å². The average Bonchev–Trinajstić information content (AvgIpc) is 2.83. The van der Waals surface area contributed by atoms with E-state index in [0.717, 1.165) is 76.0 Å². The SMILES string of the molecule is O=C(c1ccc(OCC2CCN(C(=O)C3CCCCC3)CC2)cc1)N1CCCCC1. The Morgan fingerprint density at radius 3 is 2.07 bits per heavy atom. The van der Waals surface area contributed by atoms with E-state index in [-0.39, 0.29) is 11.8 Å². The van der Waals surface area contributed by atoms with Crippen molar-refractivity contribution in [2.75, 3.05) is 32.8 Å². The minimum atomic E-state index is 0.135. The zero-order valence-corrected chi connectivity index (χ0v) is 18.2. The lowest BCUT2D eigenvalue weighted by Gasteiger charge is -2.35. The average molecular weight is 413 g/mol. The van der Waals surface area contributed by atoms with Crippen LogP contribution in [0.2, 0.25) is 0 Å². The first-order valence-corrected chi connectivity index (χ1v) is 12.0. The van der Waals surface area contributed by atoms with Gasteiger partial charge in [-0.25, -0.2) is 0 Å². The molecule has 0 N–H and O–H groups in total. The Kier molecular flexibility index (Phi) is 7.29. The van der Waals surface area contributed by atoms with Crippen molar-refractivity contribution in [3.63, 3.8) is 0 Å². The van der Waals surface area contributed by atoms with E-state index in [2.05, 4.69) is 4.90 Å². The van der Waals surface area contributed by atoms with Gasteiger partial charge in [-0.3, -0.25) is 9.59 Å². The maximum Gasteiger partial charge on any atom is 0.253 e. The number of hydrogen-bond donors (Lipinski definition) is 0. The molecule has 1 aliphatic carbocycles. The summed E-state index contributed by atoms with van der Waals surface area (Å²) in [5, 5.41) is 0. The minimum absolute atomic E-state index is 0.135. The lowest BCUT2D eigenvalue weighted by Crippen LogP contribution is -2.43. The topological polar surface area (TPSA) is 49.9 Å². The summed E-state index contributed by atoms with van der Waals surface area (Å²) in [6.45, 7) is 4.17. The van der Waals surface area contributed by atoms with Crippen LogP contribution in [-0.2, 0) is 4.79 Å². The first kappa shape index (κ1) is 21.2. The van der Waals surface area contributed by atoms with Crippen molar-refractivity contribution < 1.29 is 14.3 Å². The molecule has 30 heavy (non-hydrogen) atoms. The Labute approximate surface area is 180 Å². The van der Waals surface area contributed by atoms with Gasteiger partial charge in [0.05, 0.1) is 6.61 Å². The largest absolute Gasteiger partial charge is 0.493 e. The van der Waals surface area contributed by atoms with Crippen LogP contribution < -0.4 is 4.74 Å². The molecule has 5 nitrogen and oxygen atoms in total. The summed E-state index contributed by atoms with van der Waals surface area (Å²) in [6.07, 6.45) is 11.4. The van der Waals surface area contributed by atoms with Gasteiger partial charge in [0.15, 0.2) is 0 Å². The third kappa shape index (κ3) is 5.35. The van der Waals surface area contributed by atoms with E-state index in [4.69, 9.17) is 4.74 Å². The van der Waals surface area contributed by atoms with Crippen molar-refractivity contribution in [3.05, 3.63) is 29.8 Å². The molecule has 0 atom stereocenters. The highest BCUT2D eigenvalue weighted by Crippen LogP contribution is 2.28. The van der Waals surface area contributed by atoms with Crippen LogP contribution in [0.1, 0.15) is 74.6 Å². The van der Waals surface area contributed by atoms with Gasteiger partial charge in [-0.05, 0) is 75.1 Å². The Bertz CT molecular complexity index is 698. The van der Waals surface area contributed by atoms with Crippen LogP contribution in [0, 0.1) is 11.8 Å². The fourth-order valence-corrected chi connectivity index (χ4v) is 5.12. The van der Waals surface area contributed by atoms with Gasteiger partial charge < -0.3 is 14.5 Å². The summed E-state index contributed by atoms with van der Waals surface area (Å²) in [6, 6.07) is 7.60. The van der Waals surface area contributed by atoms with Crippen molar-refractivity contribution in [1.82, 2.24) is 9.80 Å². The molecule has 2 aliphatic heterocycles. The third-order valence-electron chi connectivity index (χ3n) is 7.11. The number of ether oxygens (including phenoxy) is 1. The molecule has 0 spiro atoms. The Hall–Kier alpha value is -2.04. The van der Waals surface area contributed by atoms with E-state index >= 15 is 0 Å². The molecule has 4 rings (SSSR count). The maximum absolute atomic E-state index is 12.7. The second-order valence-corrected chi connectivity index (χ2v) is 9.29. The Balaban J connectivity index is 1.20. The van der Waals surface area contributed by atoms with Gasteiger partial charge in [0.1, 0.15) is 5.75 Å². The van der Waals surface area contributed by atoms with E-state index in [0.29, 0.717) is 18.4 Å². The molecule has 0 aromatic heterocycles. The number of carbonyl (C=O) groups is 2. The highest BCUT2D eigenvalue weighted by Gasteiger charge is 2.29. The van der Waals surface area contributed by atoms with Crippen LogP contribution in [0.5, 0.6) is 5.75 Å². The minimum Gasteiger partial charge on any atom is -0.493 e. The summed E-state index contributed by atoms with van der Waals surface area (Å²) in [7, 11) is 0. The number of benzene rings is 1. The predicted octanol–water partition coefficient (Wildman–Crippen LogP) is 4.51. The van der Waals surface area contributed by atoms with Crippen molar-refractivity contribution in [2.45, 2.75) is 64.2 Å². The van der Waals surface area contributed by atoms with E-state index in [1.165, 1.54) is 25.7 Å². The number of likely N-dealkylation sites (tertiary alicyclic amines) is 2. The van der Waals surface area contributed by atoms with E-state index in [1.807, 2.05) is 29.2 Å². The molecule has 1 saturated carbocycles. The maximum atomic E-state index is 12.7. The van der Waals surface area contributed by atoms with Crippen LogP contribution in [0.3, 0.4) is 0 Å². The molecule has 2 amide bonds. The van der Waals surface area contributed by atoms with Gasteiger partial charge in [-0.15, -0.1) is 0 Å². The number of hydrogen-bond acceptors (Lipinski definition) is 3. The standard InChI is InChI=1S/C25H36N2O3/c28-24(21-7-3-1-4-8-21)27-17-13-20(14-18-27)19-30-23-11-9-22(10-12-23)25(29)26-15-5-2-6-16-26/h9-12,20-21H,1-8,13-19H2. The molecule has 0 bridgehead atoms. The molecular weight excluding hydrogens is 376 g/mol. The normalized spacial score (nSPS) is 21.5. The second kappa shape index (κ2) is 10.3. The van der Waals surface area contributed by atoms with E-state index in [1.54, 1.807) is 0 Å². The molecule has 164 valence electrons. The Morgan fingerprint density at radius 1 is 0.767 bits per heavy atom. The first-order chi connectivity index (χ1) is 14.7.